The van der Waals surface area contributed by atoms with Crippen LogP contribution < -0.4 is 0 Å². The largest absolute Gasteiger partial charge is 0.161 e. The first kappa shape index (κ1) is 5.16. The molecule has 0 nitrogen and oxygen atoms in total. The third-order valence-electron chi connectivity index (χ3n) is 2.36. The quantitative estimate of drug-likeness (QED) is 0.482. The van der Waals surface area contributed by atoms with E-state index in [0.717, 1.165) is 5.41 Å². The van der Waals surface area contributed by atoms with Gasteiger partial charge in [-0.25, -0.2) is 0 Å². The van der Waals surface area contributed by atoms with Gasteiger partial charge in [-0.05, 0) is 42.6 Å². The molecule has 0 amide bonds. The Kier molecular flexibility index (Phi) is 1.07. The van der Waals surface area contributed by atoms with Crippen LogP contribution in [0.25, 0.3) is 0 Å². The van der Waals surface area contributed by atoms with Crippen molar-refractivity contribution in [3.63, 3.8) is 0 Å². The molecule has 0 radical (unpaired) electrons. The summed E-state index contributed by atoms with van der Waals surface area (Å²) in [6, 6.07) is 0. The predicted octanol–water partition coefficient (Wildman–Crippen LogP) is 2.29. The fourth-order valence-corrected chi connectivity index (χ4v) is 2.84. The zero-order valence-electron chi connectivity index (χ0n) is 5.15. The molecule has 1 aliphatic heterocycles. The van der Waals surface area contributed by atoms with Crippen molar-refractivity contribution in [1.82, 2.24) is 0 Å². The summed E-state index contributed by atoms with van der Waals surface area (Å²) >= 11 is 2.16. The van der Waals surface area contributed by atoms with Crippen molar-refractivity contribution in [2.24, 2.45) is 5.41 Å². The van der Waals surface area contributed by atoms with Crippen LogP contribution >= 0.6 is 11.8 Å². The van der Waals surface area contributed by atoms with E-state index in [1.165, 1.54) is 17.9 Å². The standard InChI is InChI=1S/C7H12S/c1-2-7(3-4-7)6-8-5-1/h1-6H2. The van der Waals surface area contributed by atoms with Gasteiger partial charge in [-0.3, -0.25) is 0 Å². The van der Waals surface area contributed by atoms with E-state index in [1.807, 2.05) is 0 Å². The molecule has 1 spiro atoms. The minimum absolute atomic E-state index is 0.892. The molecule has 1 saturated carbocycles. The summed E-state index contributed by atoms with van der Waals surface area (Å²) in [7, 11) is 0. The molecule has 8 heavy (non-hydrogen) atoms. The van der Waals surface area contributed by atoms with E-state index in [0.29, 0.717) is 0 Å². The molecule has 1 heterocycles. The Balaban J connectivity index is 1.95. The molecular formula is C7H12S. The molecule has 0 aromatic carbocycles. The van der Waals surface area contributed by atoms with Crippen LogP contribution in [0, 0.1) is 5.41 Å². The lowest BCUT2D eigenvalue weighted by Gasteiger charge is -2.19. The lowest BCUT2D eigenvalue weighted by Crippen LogP contribution is -2.10. The summed E-state index contributed by atoms with van der Waals surface area (Å²) in [6.07, 6.45) is 6.12. The average molecular weight is 128 g/mol. The molecule has 1 heteroatoms. The molecule has 0 aromatic heterocycles. The van der Waals surface area contributed by atoms with E-state index in [-0.39, 0.29) is 0 Å². The van der Waals surface area contributed by atoms with Crippen LogP contribution in [0.4, 0.5) is 0 Å². The summed E-state index contributed by atoms with van der Waals surface area (Å²) < 4.78 is 0. The second kappa shape index (κ2) is 1.66. The first-order chi connectivity index (χ1) is 3.91. The van der Waals surface area contributed by atoms with E-state index in [2.05, 4.69) is 11.8 Å². The van der Waals surface area contributed by atoms with Gasteiger partial charge >= 0.3 is 0 Å². The highest BCUT2D eigenvalue weighted by Crippen LogP contribution is 2.54. The summed E-state index contributed by atoms with van der Waals surface area (Å²) in [5.74, 6) is 2.91. The van der Waals surface area contributed by atoms with Gasteiger partial charge in [0, 0.05) is 0 Å². The van der Waals surface area contributed by atoms with Crippen molar-refractivity contribution in [2.75, 3.05) is 11.5 Å². The highest BCUT2D eigenvalue weighted by atomic mass is 32.2. The van der Waals surface area contributed by atoms with Gasteiger partial charge in [0.05, 0.1) is 0 Å². The Morgan fingerprint density at radius 1 is 1.12 bits per heavy atom. The topological polar surface area (TPSA) is 0 Å². The second-order valence-electron chi connectivity index (χ2n) is 3.16. The van der Waals surface area contributed by atoms with Crippen LogP contribution in [0.1, 0.15) is 25.7 Å². The van der Waals surface area contributed by atoms with E-state index in [4.69, 9.17) is 0 Å². The first-order valence-electron chi connectivity index (χ1n) is 3.49. The number of hydrogen-bond donors (Lipinski definition) is 0. The van der Waals surface area contributed by atoms with Gasteiger partial charge in [-0.1, -0.05) is 0 Å². The van der Waals surface area contributed by atoms with Gasteiger partial charge in [0.25, 0.3) is 0 Å². The minimum atomic E-state index is 0.892. The fourth-order valence-electron chi connectivity index (χ4n) is 1.48. The molecule has 2 fully saturated rings. The van der Waals surface area contributed by atoms with Crippen molar-refractivity contribution in [3.05, 3.63) is 0 Å². The van der Waals surface area contributed by atoms with E-state index >= 15 is 0 Å². The van der Waals surface area contributed by atoms with Crippen molar-refractivity contribution in [2.45, 2.75) is 25.7 Å². The average Bonchev–Trinajstić information content (AvgIpc) is 2.52. The third kappa shape index (κ3) is 0.771. The molecule has 0 bridgehead atoms. The first-order valence-corrected chi connectivity index (χ1v) is 4.65. The molecule has 0 unspecified atom stereocenters. The molecule has 46 valence electrons. The molecule has 0 aromatic rings. The monoisotopic (exact) mass is 128 g/mol. The highest BCUT2D eigenvalue weighted by molar-refractivity contribution is 7.99. The van der Waals surface area contributed by atoms with Gasteiger partial charge in [0.2, 0.25) is 0 Å². The molecule has 1 saturated heterocycles. The molecule has 0 atom stereocenters. The Bertz CT molecular complexity index is 86.6. The zero-order chi connectivity index (χ0) is 5.45. The van der Waals surface area contributed by atoms with Gasteiger partial charge in [-0.2, -0.15) is 11.8 Å². The van der Waals surface area contributed by atoms with Crippen LogP contribution in [0.3, 0.4) is 0 Å². The SMILES string of the molecule is C1CSCC2(C1)CC2. The molecule has 1 aliphatic carbocycles. The Morgan fingerprint density at radius 2 is 2.00 bits per heavy atom. The van der Waals surface area contributed by atoms with Crippen LogP contribution in [-0.2, 0) is 0 Å². The van der Waals surface area contributed by atoms with Crippen molar-refractivity contribution in [1.29, 1.82) is 0 Å². The molecule has 0 N–H and O–H groups in total. The summed E-state index contributed by atoms with van der Waals surface area (Å²) in [6.45, 7) is 0. The van der Waals surface area contributed by atoms with Crippen molar-refractivity contribution >= 4 is 11.8 Å². The number of rotatable bonds is 0. The minimum Gasteiger partial charge on any atom is -0.161 e. The van der Waals surface area contributed by atoms with Gasteiger partial charge in [0.15, 0.2) is 0 Å². The molecule has 2 rings (SSSR count). The van der Waals surface area contributed by atoms with Gasteiger partial charge < -0.3 is 0 Å². The lowest BCUT2D eigenvalue weighted by atomic mass is 10.0. The third-order valence-corrected chi connectivity index (χ3v) is 3.75. The van der Waals surface area contributed by atoms with Crippen LogP contribution in [0.2, 0.25) is 0 Å². The van der Waals surface area contributed by atoms with Gasteiger partial charge in [-0.15, -0.1) is 0 Å². The fraction of sp³-hybridized carbons (Fsp3) is 1.00. The van der Waals surface area contributed by atoms with Crippen molar-refractivity contribution < 1.29 is 0 Å². The maximum atomic E-state index is 2.16. The van der Waals surface area contributed by atoms with Crippen molar-refractivity contribution in [3.8, 4) is 0 Å². The second-order valence-corrected chi connectivity index (χ2v) is 4.26. The Labute approximate surface area is 55.0 Å². The lowest BCUT2D eigenvalue weighted by molar-refractivity contribution is 0.509. The van der Waals surface area contributed by atoms with E-state index in [1.54, 1.807) is 19.3 Å². The normalized spacial score (nSPS) is 33.0. The predicted molar refractivity (Wildman–Crippen MR) is 38.2 cm³/mol. The van der Waals surface area contributed by atoms with Crippen LogP contribution in [0.5, 0.6) is 0 Å². The van der Waals surface area contributed by atoms with E-state index in [9.17, 15) is 0 Å². The summed E-state index contributed by atoms with van der Waals surface area (Å²) in [5.41, 5.74) is 0.892. The zero-order valence-corrected chi connectivity index (χ0v) is 5.97. The Hall–Kier alpha value is 0.350. The van der Waals surface area contributed by atoms with E-state index < -0.39 is 0 Å². The summed E-state index contributed by atoms with van der Waals surface area (Å²) in [4.78, 5) is 0. The highest BCUT2D eigenvalue weighted by Gasteiger charge is 2.42. The Morgan fingerprint density at radius 3 is 2.38 bits per heavy atom. The molecule has 2 aliphatic rings. The van der Waals surface area contributed by atoms with Crippen LogP contribution in [-0.4, -0.2) is 11.5 Å². The van der Waals surface area contributed by atoms with Crippen LogP contribution in [0.15, 0.2) is 0 Å². The summed E-state index contributed by atoms with van der Waals surface area (Å²) in [5, 5.41) is 0. The van der Waals surface area contributed by atoms with Gasteiger partial charge in [0.1, 0.15) is 0 Å². The number of thioether (sulfide) groups is 1. The number of hydrogen-bond acceptors (Lipinski definition) is 1. The maximum absolute atomic E-state index is 2.16. The maximum Gasteiger partial charge on any atom is -0.00108 e. The smallest absolute Gasteiger partial charge is 0.00108 e. The molecular weight excluding hydrogens is 116 g/mol.